The molecule has 0 unspecified atom stereocenters. The fraction of sp³-hybridized carbons (Fsp3) is 0.154. The summed E-state index contributed by atoms with van der Waals surface area (Å²) in [6.45, 7) is 0.316. The van der Waals surface area contributed by atoms with Crippen LogP contribution in [0.5, 0.6) is 0 Å². The van der Waals surface area contributed by atoms with Crippen LogP contribution in [0.15, 0.2) is 39.9 Å². The Morgan fingerprint density at radius 2 is 2.15 bits per heavy atom. The Hall–Kier alpha value is -1.39. The van der Waals surface area contributed by atoms with Crippen molar-refractivity contribution >= 4 is 33.0 Å². The molecule has 7 heteroatoms. The van der Waals surface area contributed by atoms with Crippen LogP contribution in [0.2, 0.25) is 5.02 Å². The van der Waals surface area contributed by atoms with Crippen LogP contribution >= 0.6 is 22.9 Å². The van der Waals surface area contributed by atoms with E-state index in [0.29, 0.717) is 13.0 Å². The van der Waals surface area contributed by atoms with Crippen LogP contribution < -0.4 is 4.72 Å². The molecular formula is C13H11ClN2O2S2. The third-order valence-electron chi connectivity index (χ3n) is 2.66. The number of hydrogen-bond donors (Lipinski definition) is 1. The normalized spacial score (nSPS) is 11.2. The highest BCUT2D eigenvalue weighted by atomic mass is 35.5. The second-order valence-corrected chi connectivity index (χ2v) is 6.99. The van der Waals surface area contributed by atoms with Gasteiger partial charge in [-0.25, -0.2) is 13.1 Å². The second-order valence-electron chi connectivity index (χ2n) is 4.03. The fourth-order valence-electron chi connectivity index (χ4n) is 1.60. The fourth-order valence-corrected chi connectivity index (χ4v) is 3.65. The molecule has 0 aliphatic rings. The van der Waals surface area contributed by atoms with E-state index in [2.05, 4.69) is 4.72 Å². The number of nitriles is 1. The van der Waals surface area contributed by atoms with Gasteiger partial charge in [0.15, 0.2) is 0 Å². The van der Waals surface area contributed by atoms with E-state index in [-0.39, 0.29) is 15.5 Å². The Morgan fingerprint density at radius 3 is 2.75 bits per heavy atom. The molecule has 2 aromatic rings. The molecule has 0 fully saturated rings. The number of rotatable bonds is 5. The smallest absolute Gasteiger partial charge is 0.211 e. The highest BCUT2D eigenvalue weighted by molar-refractivity contribution is 7.89. The van der Waals surface area contributed by atoms with Crippen molar-refractivity contribution in [1.82, 2.24) is 4.72 Å². The van der Waals surface area contributed by atoms with E-state index in [4.69, 9.17) is 16.9 Å². The van der Waals surface area contributed by atoms with E-state index in [1.54, 1.807) is 11.3 Å². The van der Waals surface area contributed by atoms with E-state index >= 15 is 0 Å². The lowest BCUT2D eigenvalue weighted by molar-refractivity contribution is 0.581. The third kappa shape index (κ3) is 3.58. The Labute approximate surface area is 126 Å². The van der Waals surface area contributed by atoms with E-state index in [9.17, 15) is 8.42 Å². The first-order valence-electron chi connectivity index (χ1n) is 5.73. The molecule has 4 nitrogen and oxygen atoms in total. The van der Waals surface area contributed by atoms with Gasteiger partial charge in [0.05, 0.1) is 15.5 Å². The average Bonchev–Trinajstić information content (AvgIpc) is 2.91. The molecule has 0 aliphatic carbocycles. The van der Waals surface area contributed by atoms with Gasteiger partial charge in [-0.2, -0.15) is 16.6 Å². The van der Waals surface area contributed by atoms with Gasteiger partial charge in [0.2, 0.25) is 10.0 Å². The molecule has 20 heavy (non-hydrogen) atoms. The number of benzene rings is 1. The summed E-state index contributed by atoms with van der Waals surface area (Å²) in [4.78, 5) is 0.0619. The summed E-state index contributed by atoms with van der Waals surface area (Å²) in [5.41, 5.74) is 1.35. The summed E-state index contributed by atoms with van der Waals surface area (Å²) in [6, 6.07) is 7.90. The van der Waals surface area contributed by atoms with Gasteiger partial charge in [-0.05, 0) is 47.0 Å². The van der Waals surface area contributed by atoms with Crippen molar-refractivity contribution in [3.8, 4) is 6.07 Å². The molecular weight excluding hydrogens is 316 g/mol. The summed E-state index contributed by atoms with van der Waals surface area (Å²) >= 11 is 7.41. The highest BCUT2D eigenvalue weighted by Gasteiger charge is 2.15. The van der Waals surface area contributed by atoms with Gasteiger partial charge in [-0.3, -0.25) is 0 Å². The molecule has 0 spiro atoms. The van der Waals surface area contributed by atoms with Crippen molar-refractivity contribution in [2.24, 2.45) is 0 Å². The van der Waals surface area contributed by atoms with Crippen molar-refractivity contribution in [2.75, 3.05) is 6.54 Å². The Balaban J connectivity index is 2.06. The maximum atomic E-state index is 12.1. The van der Waals surface area contributed by atoms with Gasteiger partial charge in [0.1, 0.15) is 6.07 Å². The van der Waals surface area contributed by atoms with Crippen LogP contribution in [-0.4, -0.2) is 15.0 Å². The summed E-state index contributed by atoms with van der Waals surface area (Å²) in [7, 11) is -3.60. The van der Waals surface area contributed by atoms with Crippen LogP contribution in [0.3, 0.4) is 0 Å². The van der Waals surface area contributed by atoms with Gasteiger partial charge >= 0.3 is 0 Å². The number of halogens is 1. The zero-order valence-electron chi connectivity index (χ0n) is 10.3. The molecule has 0 radical (unpaired) electrons. The molecule has 0 atom stereocenters. The van der Waals surface area contributed by atoms with Crippen LogP contribution in [0, 0.1) is 11.3 Å². The van der Waals surface area contributed by atoms with Gasteiger partial charge < -0.3 is 0 Å². The van der Waals surface area contributed by atoms with Gasteiger partial charge in [-0.15, -0.1) is 0 Å². The summed E-state index contributed by atoms with van der Waals surface area (Å²) in [6.07, 6.45) is 0.632. The van der Waals surface area contributed by atoms with E-state index in [1.807, 2.05) is 22.9 Å². The largest absolute Gasteiger partial charge is 0.240 e. The van der Waals surface area contributed by atoms with Crippen molar-refractivity contribution in [1.29, 1.82) is 5.26 Å². The molecule has 1 N–H and O–H groups in total. The molecule has 2 rings (SSSR count). The number of nitrogens with zero attached hydrogens (tertiary/aromatic N) is 1. The van der Waals surface area contributed by atoms with Gasteiger partial charge in [0.25, 0.3) is 0 Å². The predicted molar refractivity (Wildman–Crippen MR) is 79.4 cm³/mol. The Kier molecular flexibility index (Phi) is 4.78. The van der Waals surface area contributed by atoms with Crippen LogP contribution in [0.25, 0.3) is 0 Å². The summed E-state index contributed by atoms with van der Waals surface area (Å²) in [5, 5.41) is 12.8. The molecule has 0 bridgehead atoms. The zero-order chi connectivity index (χ0) is 14.6. The summed E-state index contributed by atoms with van der Waals surface area (Å²) in [5.74, 6) is 0. The highest BCUT2D eigenvalue weighted by Crippen LogP contribution is 2.20. The lowest BCUT2D eigenvalue weighted by Gasteiger charge is -2.07. The Morgan fingerprint density at radius 1 is 1.35 bits per heavy atom. The summed E-state index contributed by atoms with van der Waals surface area (Å²) < 4.78 is 26.6. The first-order valence-corrected chi connectivity index (χ1v) is 8.54. The maximum absolute atomic E-state index is 12.1. The predicted octanol–water partition coefficient (Wildman–Crippen LogP) is 2.79. The van der Waals surface area contributed by atoms with Gasteiger partial charge in [0, 0.05) is 6.54 Å². The molecule has 1 aromatic heterocycles. The quantitative estimate of drug-likeness (QED) is 0.918. The first-order chi connectivity index (χ1) is 9.53. The van der Waals surface area contributed by atoms with E-state index < -0.39 is 10.0 Å². The number of hydrogen-bond acceptors (Lipinski definition) is 4. The molecule has 1 aromatic carbocycles. The monoisotopic (exact) mass is 326 g/mol. The molecule has 0 saturated carbocycles. The third-order valence-corrected chi connectivity index (χ3v) is 5.16. The van der Waals surface area contributed by atoms with Crippen molar-refractivity contribution in [3.05, 3.63) is 51.2 Å². The number of sulfonamides is 1. The first kappa shape index (κ1) is 15.0. The average molecular weight is 327 g/mol. The van der Waals surface area contributed by atoms with Crippen LogP contribution in [-0.2, 0) is 16.4 Å². The van der Waals surface area contributed by atoms with E-state index in [0.717, 1.165) is 5.56 Å². The minimum Gasteiger partial charge on any atom is -0.211 e. The molecule has 104 valence electrons. The van der Waals surface area contributed by atoms with Crippen molar-refractivity contribution < 1.29 is 8.42 Å². The molecule has 0 saturated heterocycles. The van der Waals surface area contributed by atoms with Gasteiger partial charge in [-0.1, -0.05) is 11.6 Å². The topological polar surface area (TPSA) is 70.0 Å². The second kappa shape index (κ2) is 6.37. The number of nitrogens with one attached hydrogen (secondary N) is 1. The molecule has 0 aliphatic heterocycles. The van der Waals surface area contributed by atoms with Crippen molar-refractivity contribution in [2.45, 2.75) is 11.3 Å². The Bertz CT molecular complexity index is 734. The minimum absolute atomic E-state index is 0.0619. The lowest BCUT2D eigenvalue weighted by atomic mass is 10.2. The van der Waals surface area contributed by atoms with Crippen LogP contribution in [0.1, 0.15) is 11.1 Å². The lowest BCUT2D eigenvalue weighted by Crippen LogP contribution is -2.25. The SMILES string of the molecule is N#Cc1ccc(S(=O)(=O)NCCc2ccsc2)cc1Cl. The van der Waals surface area contributed by atoms with Crippen molar-refractivity contribution in [3.63, 3.8) is 0 Å². The van der Waals surface area contributed by atoms with E-state index in [1.165, 1.54) is 18.2 Å². The van der Waals surface area contributed by atoms with Crippen LogP contribution in [0.4, 0.5) is 0 Å². The zero-order valence-corrected chi connectivity index (χ0v) is 12.7. The molecule has 1 heterocycles. The molecule has 0 amide bonds. The standard InChI is InChI=1S/C13H11ClN2O2S2/c14-13-7-12(2-1-11(13)8-15)20(17,18)16-5-3-10-4-6-19-9-10/h1-2,4,6-7,9,16H,3,5H2. The maximum Gasteiger partial charge on any atom is 0.240 e. The minimum atomic E-state index is -3.60. The number of thiophene rings is 1.